The highest BCUT2D eigenvalue weighted by Gasteiger charge is 2.53. The van der Waals surface area contributed by atoms with Gasteiger partial charge < -0.3 is 9.47 Å². The first kappa shape index (κ1) is 17.1. The van der Waals surface area contributed by atoms with Crippen molar-refractivity contribution in [1.29, 1.82) is 0 Å². The molecule has 0 bridgehead atoms. The van der Waals surface area contributed by atoms with Gasteiger partial charge in [-0.25, -0.2) is 0 Å². The molecule has 0 spiro atoms. The van der Waals surface area contributed by atoms with E-state index in [-0.39, 0.29) is 11.9 Å². The minimum Gasteiger partial charge on any atom is -0.490 e. The van der Waals surface area contributed by atoms with Gasteiger partial charge in [-0.3, -0.25) is 9.69 Å². The van der Waals surface area contributed by atoms with Crippen molar-refractivity contribution in [3.63, 3.8) is 0 Å². The number of nitrogens with zero attached hydrogens (tertiary/aromatic N) is 1. The van der Waals surface area contributed by atoms with Gasteiger partial charge in [-0.15, -0.1) is 0 Å². The lowest BCUT2D eigenvalue weighted by atomic mass is 9.99. The lowest BCUT2D eigenvalue weighted by Gasteiger charge is -2.37. The number of methoxy groups -OCH3 is 1. The summed E-state index contributed by atoms with van der Waals surface area (Å²) in [5.74, 6) is 3.70. The third-order valence-corrected chi connectivity index (χ3v) is 6.91. The molecule has 0 aromatic heterocycles. The maximum Gasteiger partial charge on any atom is 0.311 e. The van der Waals surface area contributed by atoms with Crippen molar-refractivity contribution >= 4 is 16.7 Å². The average Bonchev–Trinajstić information content (AvgIpc) is 3.04. The molecule has 1 saturated heterocycles. The number of hydrogen-bond acceptors (Lipinski definition) is 4. The van der Waals surface area contributed by atoms with Crippen LogP contribution in [0.25, 0.3) is 10.8 Å². The summed E-state index contributed by atoms with van der Waals surface area (Å²) in [6, 6.07) is 13.1. The van der Waals surface area contributed by atoms with Crippen LogP contribution in [0.1, 0.15) is 25.3 Å². The van der Waals surface area contributed by atoms with Crippen molar-refractivity contribution < 1.29 is 14.3 Å². The van der Waals surface area contributed by atoms with Gasteiger partial charge in [0.05, 0.1) is 19.1 Å². The number of carbonyl (C=O) groups excluding carboxylic acids is 1. The van der Waals surface area contributed by atoms with E-state index >= 15 is 0 Å². The summed E-state index contributed by atoms with van der Waals surface area (Å²) in [4.78, 5) is 13.8. The van der Waals surface area contributed by atoms with Crippen molar-refractivity contribution in [3.05, 3.63) is 42.0 Å². The van der Waals surface area contributed by atoms with Crippen molar-refractivity contribution in [2.45, 2.75) is 32.4 Å². The molecule has 4 atom stereocenters. The molecule has 1 aliphatic heterocycles. The van der Waals surface area contributed by atoms with E-state index in [1.807, 2.05) is 0 Å². The fourth-order valence-electron chi connectivity index (χ4n) is 5.13. The summed E-state index contributed by atoms with van der Waals surface area (Å²) in [5, 5.41) is 2.47. The third-order valence-electron chi connectivity index (χ3n) is 6.91. The Labute approximate surface area is 160 Å². The summed E-state index contributed by atoms with van der Waals surface area (Å²) in [6.07, 6.45) is 2.86. The van der Waals surface area contributed by atoms with Gasteiger partial charge in [-0.1, -0.05) is 25.1 Å². The van der Waals surface area contributed by atoms with Gasteiger partial charge in [-0.05, 0) is 65.1 Å². The predicted octanol–water partition coefficient (Wildman–Crippen LogP) is 3.87. The van der Waals surface area contributed by atoms with Crippen LogP contribution in [0, 0.1) is 23.7 Å². The van der Waals surface area contributed by atoms with Crippen LogP contribution in [0.5, 0.6) is 5.75 Å². The zero-order chi connectivity index (χ0) is 18.5. The maximum atomic E-state index is 11.5. The molecule has 142 valence electrons. The Balaban J connectivity index is 1.21. The number of likely N-dealkylation sites (tertiary alicyclic amines) is 1. The van der Waals surface area contributed by atoms with Crippen molar-refractivity contribution in [2.24, 2.45) is 23.7 Å². The molecule has 4 nitrogen and oxygen atoms in total. The summed E-state index contributed by atoms with van der Waals surface area (Å²) in [7, 11) is 1.46. The smallest absolute Gasteiger partial charge is 0.311 e. The van der Waals surface area contributed by atoms with E-state index in [2.05, 4.69) is 48.2 Å². The number of fused-ring (bicyclic) bond motifs is 2. The third kappa shape index (κ3) is 3.20. The molecule has 0 N–H and O–H groups in total. The number of hydrogen-bond donors (Lipinski definition) is 0. The number of benzene rings is 2. The van der Waals surface area contributed by atoms with E-state index in [1.165, 1.54) is 36.3 Å². The number of ether oxygens (including phenoxy) is 2. The molecule has 0 radical (unpaired) electrons. The lowest BCUT2D eigenvalue weighted by Crippen LogP contribution is -2.49. The molecule has 2 aromatic carbocycles. The quantitative estimate of drug-likeness (QED) is 0.754. The second-order valence-electron chi connectivity index (χ2n) is 8.66. The highest BCUT2D eigenvalue weighted by Crippen LogP contribution is 2.57. The summed E-state index contributed by atoms with van der Waals surface area (Å²) < 4.78 is 11.1. The van der Waals surface area contributed by atoms with Gasteiger partial charge >= 0.3 is 5.97 Å². The van der Waals surface area contributed by atoms with Gasteiger partial charge in [0.2, 0.25) is 0 Å². The Morgan fingerprint density at radius 2 is 1.78 bits per heavy atom. The molecule has 0 amide bonds. The Hall–Kier alpha value is -2.07. The van der Waals surface area contributed by atoms with Crippen LogP contribution in [-0.2, 0) is 16.1 Å². The molecule has 1 heterocycles. The van der Waals surface area contributed by atoms with Crippen LogP contribution in [0.15, 0.2) is 36.4 Å². The minimum absolute atomic E-state index is 0.0415. The first-order valence-electron chi connectivity index (χ1n) is 10.1. The Bertz CT molecular complexity index is 861. The van der Waals surface area contributed by atoms with Crippen LogP contribution in [0.3, 0.4) is 0 Å². The van der Waals surface area contributed by atoms with Crippen LogP contribution in [0.4, 0.5) is 0 Å². The largest absolute Gasteiger partial charge is 0.490 e. The molecule has 3 aliphatic rings. The van der Waals surface area contributed by atoms with Gasteiger partial charge in [0.1, 0.15) is 5.75 Å². The van der Waals surface area contributed by atoms with E-state index < -0.39 is 0 Å². The Morgan fingerprint density at radius 1 is 1.07 bits per heavy atom. The van der Waals surface area contributed by atoms with Crippen molar-refractivity contribution in [2.75, 3.05) is 20.2 Å². The van der Waals surface area contributed by atoms with Crippen LogP contribution < -0.4 is 4.74 Å². The van der Waals surface area contributed by atoms with E-state index in [0.29, 0.717) is 6.10 Å². The van der Waals surface area contributed by atoms with Crippen LogP contribution in [-0.4, -0.2) is 37.2 Å². The fraction of sp³-hybridized carbons (Fsp3) is 0.522. The zero-order valence-corrected chi connectivity index (χ0v) is 16.1. The summed E-state index contributed by atoms with van der Waals surface area (Å²) in [5.41, 5.74) is 1.28. The minimum atomic E-state index is -0.0914. The lowest BCUT2D eigenvalue weighted by molar-refractivity contribution is -0.151. The average molecular weight is 365 g/mol. The normalized spacial score (nSPS) is 30.0. The van der Waals surface area contributed by atoms with Gasteiger partial charge in [-0.2, -0.15) is 0 Å². The molecule has 2 aromatic rings. The fourth-order valence-corrected chi connectivity index (χ4v) is 5.13. The van der Waals surface area contributed by atoms with Crippen LogP contribution >= 0.6 is 0 Å². The summed E-state index contributed by atoms with van der Waals surface area (Å²) in [6.45, 7) is 4.83. The molecule has 5 rings (SSSR count). The standard InChI is InChI=1S/C23H27NO3/c1-14-21-9-20(10-22(14)21)27-19-6-5-16-7-15(3-4-17(16)8-19)11-24-12-18(13-24)23(25)26-2/h3-8,14,18,20-22H,9-13H2,1-2H3/t14?,20?,21-,22?/m0/s1. The highest BCUT2D eigenvalue weighted by molar-refractivity contribution is 5.84. The van der Waals surface area contributed by atoms with Crippen LogP contribution in [0.2, 0.25) is 0 Å². The Kier molecular flexibility index (Phi) is 4.12. The highest BCUT2D eigenvalue weighted by atomic mass is 16.5. The molecule has 3 unspecified atom stereocenters. The van der Waals surface area contributed by atoms with Crippen molar-refractivity contribution in [3.8, 4) is 5.75 Å². The van der Waals surface area contributed by atoms with E-state index in [4.69, 9.17) is 9.47 Å². The second kappa shape index (κ2) is 6.52. The first-order chi connectivity index (χ1) is 13.1. The predicted molar refractivity (Wildman–Crippen MR) is 105 cm³/mol. The van der Waals surface area contributed by atoms with Crippen molar-refractivity contribution in [1.82, 2.24) is 4.90 Å². The van der Waals surface area contributed by atoms with E-state index in [1.54, 1.807) is 0 Å². The van der Waals surface area contributed by atoms with Gasteiger partial charge in [0.25, 0.3) is 0 Å². The summed E-state index contributed by atoms with van der Waals surface area (Å²) >= 11 is 0. The number of esters is 1. The number of rotatable bonds is 5. The topological polar surface area (TPSA) is 38.8 Å². The SMILES string of the molecule is COC(=O)C1CN(Cc2ccc3cc(OC4CC5C(C)[C@@H]5C4)ccc3c2)C1. The van der Waals surface area contributed by atoms with Gasteiger partial charge in [0.15, 0.2) is 0 Å². The first-order valence-corrected chi connectivity index (χ1v) is 10.1. The van der Waals surface area contributed by atoms with E-state index in [0.717, 1.165) is 43.1 Å². The monoisotopic (exact) mass is 365 g/mol. The molecular weight excluding hydrogens is 338 g/mol. The molecule has 3 fully saturated rings. The maximum absolute atomic E-state index is 11.5. The molecule has 2 saturated carbocycles. The molecule has 27 heavy (non-hydrogen) atoms. The molecule has 2 aliphatic carbocycles. The van der Waals surface area contributed by atoms with E-state index in [9.17, 15) is 4.79 Å². The Morgan fingerprint density at radius 3 is 2.52 bits per heavy atom. The zero-order valence-electron chi connectivity index (χ0n) is 16.1. The molecular formula is C23H27NO3. The molecule has 4 heteroatoms. The van der Waals surface area contributed by atoms with Gasteiger partial charge in [0, 0.05) is 19.6 Å². The number of carbonyl (C=O) groups is 1. The second-order valence-corrected chi connectivity index (χ2v) is 8.66.